The number of allylic oxidation sites excluding steroid dienone is 4. The molecular weight excluding hydrogens is 713 g/mol. The van der Waals surface area contributed by atoms with Crippen molar-refractivity contribution in [1.29, 1.82) is 0 Å². The predicted molar refractivity (Wildman–Crippen MR) is 251 cm³/mol. The Morgan fingerprint density at radius 1 is 0.407 bits per heavy atom. The fourth-order valence-electron chi connectivity index (χ4n) is 8.91. The first-order valence-electron chi connectivity index (χ1n) is 20.7. The van der Waals surface area contributed by atoms with E-state index in [2.05, 4.69) is 242 Å². The standard InChI is InChI=1S/C57H46N2/c1-57(2)53-20-12-13-21-55(53)59(52-37-26-46(27-38-52)43-18-10-5-11-19-43)56-39-30-48(40-54(56)57)47-28-35-51(36-29-47)58(49-31-22-44(23-32-49)41-14-6-3-7-15-41)50-33-24-45(25-34-50)42-16-8-4-9-17-42/h3,5-8,10-40H,4,9H2,1-2H3. The van der Waals surface area contributed by atoms with Crippen molar-refractivity contribution < 1.29 is 0 Å². The van der Waals surface area contributed by atoms with Crippen molar-refractivity contribution in [3.05, 3.63) is 235 Å². The van der Waals surface area contributed by atoms with Crippen LogP contribution in [0.3, 0.4) is 0 Å². The first kappa shape index (κ1) is 36.2. The maximum atomic E-state index is 2.44. The molecular formula is C57H46N2. The molecule has 0 radical (unpaired) electrons. The highest BCUT2D eigenvalue weighted by Crippen LogP contribution is 2.53. The molecule has 0 amide bonds. The summed E-state index contributed by atoms with van der Waals surface area (Å²) in [6.07, 6.45) is 9.07. The van der Waals surface area contributed by atoms with Gasteiger partial charge in [0, 0.05) is 28.2 Å². The van der Waals surface area contributed by atoms with Crippen LogP contribution in [0.5, 0.6) is 0 Å². The van der Waals surface area contributed by atoms with Crippen molar-refractivity contribution in [3.8, 4) is 33.4 Å². The monoisotopic (exact) mass is 758 g/mol. The zero-order valence-corrected chi connectivity index (χ0v) is 33.6. The lowest BCUT2D eigenvalue weighted by atomic mass is 9.73. The second kappa shape index (κ2) is 15.3. The Hall–Kier alpha value is -7.16. The summed E-state index contributed by atoms with van der Waals surface area (Å²) in [5.41, 5.74) is 19.2. The number of anilines is 6. The minimum Gasteiger partial charge on any atom is -0.311 e. The van der Waals surface area contributed by atoms with E-state index in [0.717, 1.165) is 35.6 Å². The first-order valence-corrected chi connectivity index (χ1v) is 20.7. The van der Waals surface area contributed by atoms with E-state index in [1.165, 1.54) is 67.0 Å². The Morgan fingerprint density at radius 3 is 1.42 bits per heavy atom. The molecule has 1 aliphatic carbocycles. The molecule has 2 nitrogen and oxygen atoms in total. The van der Waals surface area contributed by atoms with Gasteiger partial charge in [0.1, 0.15) is 0 Å². The summed E-state index contributed by atoms with van der Waals surface area (Å²) < 4.78 is 0. The Balaban J connectivity index is 1.01. The number of fused-ring (bicyclic) bond motifs is 2. The summed E-state index contributed by atoms with van der Waals surface area (Å²) >= 11 is 0. The highest BCUT2D eigenvalue weighted by Gasteiger charge is 2.37. The molecule has 2 aliphatic rings. The zero-order valence-electron chi connectivity index (χ0n) is 33.6. The largest absolute Gasteiger partial charge is 0.311 e. The molecule has 284 valence electrons. The topological polar surface area (TPSA) is 6.48 Å². The Kier molecular flexibility index (Phi) is 9.39. The number of hydrogen-bond donors (Lipinski definition) is 0. The van der Waals surface area contributed by atoms with E-state index >= 15 is 0 Å². The van der Waals surface area contributed by atoms with Crippen LogP contribution < -0.4 is 9.80 Å². The van der Waals surface area contributed by atoms with E-state index in [1.54, 1.807) is 0 Å². The summed E-state index contributed by atoms with van der Waals surface area (Å²) in [6.45, 7) is 4.72. The quantitative estimate of drug-likeness (QED) is 0.152. The van der Waals surface area contributed by atoms with Crippen molar-refractivity contribution >= 4 is 39.7 Å². The van der Waals surface area contributed by atoms with E-state index in [-0.39, 0.29) is 5.41 Å². The van der Waals surface area contributed by atoms with Crippen LogP contribution in [0.25, 0.3) is 39.0 Å². The maximum Gasteiger partial charge on any atom is 0.0503 e. The second-order valence-electron chi connectivity index (χ2n) is 16.1. The smallest absolute Gasteiger partial charge is 0.0503 e. The van der Waals surface area contributed by atoms with E-state index in [1.807, 2.05) is 0 Å². The molecule has 0 N–H and O–H groups in total. The molecule has 0 unspecified atom stereocenters. The minimum atomic E-state index is -0.194. The van der Waals surface area contributed by atoms with Gasteiger partial charge < -0.3 is 9.80 Å². The lowest BCUT2D eigenvalue weighted by Gasteiger charge is -2.42. The maximum absolute atomic E-state index is 2.44. The van der Waals surface area contributed by atoms with Gasteiger partial charge in [-0.2, -0.15) is 0 Å². The molecule has 0 saturated carbocycles. The van der Waals surface area contributed by atoms with Crippen LogP contribution in [0.15, 0.2) is 218 Å². The lowest BCUT2D eigenvalue weighted by Crippen LogP contribution is -2.30. The van der Waals surface area contributed by atoms with Crippen LogP contribution >= 0.6 is 0 Å². The van der Waals surface area contributed by atoms with E-state index < -0.39 is 0 Å². The molecule has 8 aromatic carbocycles. The molecule has 10 rings (SSSR count). The van der Waals surface area contributed by atoms with Crippen molar-refractivity contribution in [1.82, 2.24) is 0 Å². The predicted octanol–water partition coefficient (Wildman–Crippen LogP) is 16.0. The molecule has 0 aromatic heterocycles. The fraction of sp³-hybridized carbons (Fsp3) is 0.0877. The van der Waals surface area contributed by atoms with Crippen LogP contribution in [0.2, 0.25) is 0 Å². The van der Waals surface area contributed by atoms with E-state index in [9.17, 15) is 0 Å². The minimum absolute atomic E-state index is 0.194. The molecule has 0 bridgehead atoms. The Bertz CT molecular complexity index is 2800. The van der Waals surface area contributed by atoms with E-state index in [0.29, 0.717) is 0 Å². The van der Waals surface area contributed by atoms with Crippen molar-refractivity contribution in [2.45, 2.75) is 32.1 Å². The SMILES string of the molecule is CC1(C)c2ccccc2N(c2ccc(-c3ccccc3)cc2)c2ccc(-c3ccc(N(c4ccc(C5=CCCC=C5)cc4)c4ccc(-c5ccccc5)cc4)cc3)cc21. The average Bonchev–Trinajstić information content (AvgIpc) is 3.31. The average molecular weight is 759 g/mol. The number of rotatable bonds is 8. The van der Waals surface area contributed by atoms with Gasteiger partial charge in [-0.05, 0) is 135 Å². The van der Waals surface area contributed by atoms with Crippen LogP contribution in [-0.2, 0) is 5.41 Å². The molecule has 8 aromatic rings. The molecule has 1 heterocycles. The van der Waals surface area contributed by atoms with E-state index in [4.69, 9.17) is 0 Å². The number of nitrogens with zero attached hydrogens (tertiary/aromatic N) is 2. The van der Waals surface area contributed by atoms with Crippen molar-refractivity contribution in [2.75, 3.05) is 9.80 Å². The second-order valence-corrected chi connectivity index (χ2v) is 16.1. The summed E-state index contributed by atoms with van der Waals surface area (Å²) in [5.74, 6) is 0. The third-order valence-corrected chi connectivity index (χ3v) is 12.1. The molecule has 0 saturated heterocycles. The fourth-order valence-corrected chi connectivity index (χ4v) is 8.91. The van der Waals surface area contributed by atoms with Crippen molar-refractivity contribution in [2.24, 2.45) is 0 Å². The van der Waals surface area contributed by atoms with Gasteiger partial charge in [-0.15, -0.1) is 0 Å². The van der Waals surface area contributed by atoms with Gasteiger partial charge in [0.05, 0.1) is 11.4 Å². The lowest BCUT2D eigenvalue weighted by molar-refractivity contribution is 0.632. The van der Waals surface area contributed by atoms with Gasteiger partial charge in [0.25, 0.3) is 0 Å². The molecule has 2 heteroatoms. The molecule has 0 spiro atoms. The third-order valence-electron chi connectivity index (χ3n) is 12.1. The molecule has 0 atom stereocenters. The van der Waals surface area contributed by atoms with Gasteiger partial charge in [-0.1, -0.05) is 166 Å². The summed E-state index contributed by atoms with van der Waals surface area (Å²) in [4.78, 5) is 4.80. The van der Waals surface area contributed by atoms with Crippen LogP contribution in [0.1, 0.15) is 43.4 Å². The van der Waals surface area contributed by atoms with Crippen LogP contribution in [0.4, 0.5) is 34.1 Å². The normalized spacial score (nSPS) is 13.9. The van der Waals surface area contributed by atoms with Gasteiger partial charge in [-0.3, -0.25) is 0 Å². The summed E-state index contributed by atoms with van der Waals surface area (Å²) in [5, 5.41) is 0. The number of para-hydroxylation sites is 1. The summed E-state index contributed by atoms with van der Waals surface area (Å²) in [6, 6.07) is 73.1. The number of benzene rings is 8. The third kappa shape index (κ3) is 6.87. The van der Waals surface area contributed by atoms with Gasteiger partial charge >= 0.3 is 0 Å². The zero-order chi connectivity index (χ0) is 39.8. The molecule has 0 fully saturated rings. The Labute approximate surface area is 348 Å². The molecule has 59 heavy (non-hydrogen) atoms. The highest BCUT2D eigenvalue weighted by molar-refractivity contribution is 5.89. The van der Waals surface area contributed by atoms with Gasteiger partial charge in [0.15, 0.2) is 0 Å². The van der Waals surface area contributed by atoms with Crippen LogP contribution in [-0.4, -0.2) is 0 Å². The Morgan fingerprint density at radius 2 is 0.864 bits per heavy atom. The summed E-state index contributed by atoms with van der Waals surface area (Å²) in [7, 11) is 0. The van der Waals surface area contributed by atoms with Crippen LogP contribution in [0, 0.1) is 0 Å². The first-order chi connectivity index (χ1) is 29.0. The van der Waals surface area contributed by atoms with Gasteiger partial charge in [0.2, 0.25) is 0 Å². The molecule has 1 aliphatic heterocycles. The van der Waals surface area contributed by atoms with Crippen molar-refractivity contribution in [3.63, 3.8) is 0 Å². The van der Waals surface area contributed by atoms with Gasteiger partial charge in [-0.25, -0.2) is 0 Å². The number of hydrogen-bond acceptors (Lipinski definition) is 2. The highest BCUT2D eigenvalue weighted by atomic mass is 15.2.